The van der Waals surface area contributed by atoms with Crippen LogP contribution in [-0.4, -0.2) is 36.8 Å². The van der Waals surface area contributed by atoms with Crippen molar-refractivity contribution >= 4 is 23.3 Å². The molecule has 18 heavy (non-hydrogen) atoms. The molecule has 1 saturated heterocycles. The Balaban J connectivity index is 2.43. The van der Waals surface area contributed by atoms with E-state index in [1.807, 2.05) is 6.07 Å². The van der Waals surface area contributed by atoms with E-state index in [0.717, 1.165) is 0 Å². The number of nitrogens with one attached hydrogen (secondary N) is 1. The number of nitriles is 1. The number of nitrogens with zero attached hydrogens (tertiary/aromatic N) is 2. The van der Waals surface area contributed by atoms with Crippen LogP contribution in [0.3, 0.4) is 0 Å². The molecule has 1 fully saturated rings. The summed E-state index contributed by atoms with van der Waals surface area (Å²) < 4.78 is 0. The Hall–Kier alpha value is -1.77. The van der Waals surface area contributed by atoms with Gasteiger partial charge < -0.3 is 15.3 Å². The average molecular weight is 266 g/mol. The van der Waals surface area contributed by atoms with Crippen molar-refractivity contribution in [3.8, 4) is 6.07 Å². The topological polar surface area (TPSA) is 76.4 Å². The van der Waals surface area contributed by atoms with Crippen molar-refractivity contribution in [2.45, 2.75) is 6.04 Å². The van der Waals surface area contributed by atoms with Crippen LogP contribution < -0.4 is 10.2 Å². The summed E-state index contributed by atoms with van der Waals surface area (Å²) in [4.78, 5) is 12.9. The summed E-state index contributed by atoms with van der Waals surface area (Å²) in [5.74, 6) is -0.911. The van der Waals surface area contributed by atoms with Gasteiger partial charge in [-0.1, -0.05) is 17.7 Å². The Kier molecular flexibility index (Phi) is 3.70. The number of piperazine rings is 1. The van der Waals surface area contributed by atoms with Gasteiger partial charge in [0.15, 0.2) is 0 Å². The monoisotopic (exact) mass is 265 g/mol. The number of carboxylic acid groups (broad SMARTS) is 1. The normalized spacial score (nSPS) is 19.3. The molecular formula is C12H12ClN3O2. The Morgan fingerprint density at radius 3 is 3.06 bits per heavy atom. The van der Waals surface area contributed by atoms with E-state index in [1.165, 1.54) is 0 Å². The van der Waals surface area contributed by atoms with Crippen molar-refractivity contribution in [1.29, 1.82) is 5.26 Å². The van der Waals surface area contributed by atoms with E-state index in [2.05, 4.69) is 5.32 Å². The first-order valence-corrected chi connectivity index (χ1v) is 5.91. The van der Waals surface area contributed by atoms with Gasteiger partial charge in [0.2, 0.25) is 0 Å². The van der Waals surface area contributed by atoms with Crippen molar-refractivity contribution in [3.05, 3.63) is 28.8 Å². The Morgan fingerprint density at radius 1 is 1.61 bits per heavy atom. The molecule has 2 rings (SSSR count). The second kappa shape index (κ2) is 5.25. The molecule has 0 radical (unpaired) electrons. The number of carboxylic acids is 1. The standard InChI is InChI=1S/C12H12ClN3O2/c13-9-2-1-3-10(8(9)6-14)16-5-4-15-7-11(16)12(17)18/h1-3,11,15H,4-5,7H2,(H,17,18). The molecule has 0 amide bonds. The van der Waals surface area contributed by atoms with Crippen LogP contribution >= 0.6 is 11.6 Å². The minimum Gasteiger partial charge on any atom is -0.480 e. The first kappa shape index (κ1) is 12.7. The molecule has 0 aromatic heterocycles. The third-order valence-electron chi connectivity index (χ3n) is 2.94. The lowest BCUT2D eigenvalue weighted by atomic mass is 10.1. The highest BCUT2D eigenvalue weighted by atomic mass is 35.5. The fourth-order valence-electron chi connectivity index (χ4n) is 2.08. The molecule has 2 N–H and O–H groups in total. The van der Waals surface area contributed by atoms with Gasteiger partial charge in [0.25, 0.3) is 0 Å². The Bertz CT molecular complexity index is 513. The summed E-state index contributed by atoms with van der Waals surface area (Å²) >= 11 is 5.96. The molecule has 0 bridgehead atoms. The number of anilines is 1. The van der Waals surface area contributed by atoms with Crippen LogP contribution in [0.5, 0.6) is 0 Å². The number of aliphatic carboxylic acids is 1. The van der Waals surface area contributed by atoms with Gasteiger partial charge in [-0.2, -0.15) is 5.26 Å². The summed E-state index contributed by atoms with van der Waals surface area (Å²) in [7, 11) is 0. The van der Waals surface area contributed by atoms with Crippen LogP contribution in [0.1, 0.15) is 5.56 Å². The summed E-state index contributed by atoms with van der Waals surface area (Å²) in [6, 6.07) is 6.43. The van der Waals surface area contributed by atoms with E-state index < -0.39 is 12.0 Å². The minimum atomic E-state index is -0.911. The number of carbonyl (C=O) groups is 1. The second-order valence-electron chi connectivity index (χ2n) is 4.00. The fourth-order valence-corrected chi connectivity index (χ4v) is 2.29. The summed E-state index contributed by atoms with van der Waals surface area (Å²) in [6.07, 6.45) is 0. The van der Waals surface area contributed by atoms with Gasteiger partial charge in [0, 0.05) is 19.6 Å². The van der Waals surface area contributed by atoms with Gasteiger partial charge in [0.1, 0.15) is 12.1 Å². The SMILES string of the molecule is N#Cc1c(Cl)cccc1N1CCNCC1C(=O)O. The number of benzene rings is 1. The molecule has 0 spiro atoms. The van der Waals surface area contributed by atoms with Gasteiger partial charge in [-0.25, -0.2) is 4.79 Å². The second-order valence-corrected chi connectivity index (χ2v) is 4.40. The molecule has 1 atom stereocenters. The molecule has 1 aromatic carbocycles. The third-order valence-corrected chi connectivity index (χ3v) is 3.26. The Morgan fingerprint density at radius 2 is 2.39 bits per heavy atom. The van der Waals surface area contributed by atoms with Gasteiger partial charge in [-0.3, -0.25) is 0 Å². The third kappa shape index (κ3) is 2.26. The van der Waals surface area contributed by atoms with Crippen LogP contribution in [0.15, 0.2) is 18.2 Å². The fraction of sp³-hybridized carbons (Fsp3) is 0.333. The Labute approximate surface area is 110 Å². The van der Waals surface area contributed by atoms with Crippen LogP contribution in [0.25, 0.3) is 0 Å². The highest BCUT2D eigenvalue weighted by Gasteiger charge is 2.30. The molecule has 1 aliphatic rings. The molecule has 1 aromatic rings. The van der Waals surface area contributed by atoms with Crippen LogP contribution in [0.2, 0.25) is 5.02 Å². The van der Waals surface area contributed by atoms with E-state index in [1.54, 1.807) is 23.1 Å². The molecular weight excluding hydrogens is 254 g/mol. The maximum atomic E-state index is 11.2. The predicted octanol–water partition coefficient (Wildman–Crippen LogP) is 1.07. The lowest BCUT2D eigenvalue weighted by Gasteiger charge is -2.35. The maximum absolute atomic E-state index is 11.2. The number of hydrogen-bond donors (Lipinski definition) is 2. The van der Waals surface area contributed by atoms with Crippen molar-refractivity contribution < 1.29 is 9.90 Å². The van der Waals surface area contributed by atoms with E-state index in [4.69, 9.17) is 16.9 Å². The zero-order valence-corrected chi connectivity index (χ0v) is 10.3. The average Bonchev–Trinajstić information content (AvgIpc) is 2.38. The zero-order chi connectivity index (χ0) is 13.1. The smallest absolute Gasteiger partial charge is 0.327 e. The first-order valence-electron chi connectivity index (χ1n) is 5.54. The summed E-state index contributed by atoms with van der Waals surface area (Å²) in [5.41, 5.74) is 0.909. The van der Waals surface area contributed by atoms with E-state index >= 15 is 0 Å². The van der Waals surface area contributed by atoms with Crippen molar-refractivity contribution in [2.24, 2.45) is 0 Å². The van der Waals surface area contributed by atoms with Gasteiger partial charge in [0.05, 0.1) is 16.3 Å². The summed E-state index contributed by atoms with van der Waals surface area (Å²) in [6.45, 7) is 1.57. The highest BCUT2D eigenvalue weighted by Crippen LogP contribution is 2.28. The number of rotatable bonds is 2. The van der Waals surface area contributed by atoms with E-state index in [-0.39, 0.29) is 0 Å². The quantitative estimate of drug-likeness (QED) is 0.837. The van der Waals surface area contributed by atoms with Crippen LogP contribution in [0.4, 0.5) is 5.69 Å². The van der Waals surface area contributed by atoms with E-state index in [0.29, 0.717) is 35.9 Å². The van der Waals surface area contributed by atoms with Crippen molar-refractivity contribution in [1.82, 2.24) is 5.32 Å². The van der Waals surface area contributed by atoms with Crippen molar-refractivity contribution in [2.75, 3.05) is 24.5 Å². The summed E-state index contributed by atoms with van der Waals surface area (Å²) in [5, 5.41) is 21.7. The number of halogens is 1. The van der Waals surface area contributed by atoms with Crippen LogP contribution in [-0.2, 0) is 4.79 Å². The largest absolute Gasteiger partial charge is 0.480 e. The molecule has 1 heterocycles. The van der Waals surface area contributed by atoms with Crippen LogP contribution in [0, 0.1) is 11.3 Å². The maximum Gasteiger partial charge on any atom is 0.327 e. The molecule has 5 nitrogen and oxygen atoms in total. The molecule has 6 heteroatoms. The lowest BCUT2D eigenvalue weighted by molar-refractivity contribution is -0.138. The van der Waals surface area contributed by atoms with Gasteiger partial charge in [-0.05, 0) is 12.1 Å². The molecule has 0 aliphatic carbocycles. The predicted molar refractivity (Wildman–Crippen MR) is 67.8 cm³/mol. The first-order chi connectivity index (χ1) is 8.65. The molecule has 1 unspecified atom stereocenters. The molecule has 1 aliphatic heterocycles. The minimum absolute atomic E-state index is 0.326. The van der Waals surface area contributed by atoms with Gasteiger partial charge >= 0.3 is 5.97 Å². The van der Waals surface area contributed by atoms with E-state index in [9.17, 15) is 9.90 Å². The lowest BCUT2D eigenvalue weighted by Crippen LogP contribution is -2.55. The highest BCUT2D eigenvalue weighted by molar-refractivity contribution is 6.32. The van der Waals surface area contributed by atoms with Crippen molar-refractivity contribution in [3.63, 3.8) is 0 Å². The zero-order valence-electron chi connectivity index (χ0n) is 9.56. The molecule has 94 valence electrons. The van der Waals surface area contributed by atoms with Gasteiger partial charge in [-0.15, -0.1) is 0 Å². The molecule has 0 saturated carbocycles. The number of hydrogen-bond acceptors (Lipinski definition) is 4.